The fraction of sp³-hybridized carbons (Fsp3) is 0.867. The first kappa shape index (κ1) is 14.0. The monoisotopic (exact) mass is 279 g/mol. The lowest BCUT2D eigenvalue weighted by Gasteiger charge is -2.21. The molecule has 112 valence electrons. The summed E-state index contributed by atoms with van der Waals surface area (Å²) in [6, 6.07) is 0. The Kier molecular flexibility index (Phi) is 5.03. The van der Waals surface area contributed by atoms with E-state index in [4.69, 9.17) is 9.26 Å². The molecule has 0 radical (unpaired) electrons. The molecular weight excluding hydrogens is 254 g/mol. The van der Waals surface area contributed by atoms with Crippen molar-refractivity contribution in [2.75, 3.05) is 19.7 Å². The summed E-state index contributed by atoms with van der Waals surface area (Å²) in [4.78, 5) is 4.51. The van der Waals surface area contributed by atoms with E-state index < -0.39 is 0 Å². The highest BCUT2D eigenvalue weighted by molar-refractivity contribution is 4.90. The molecule has 2 fully saturated rings. The van der Waals surface area contributed by atoms with Crippen LogP contribution in [0.4, 0.5) is 0 Å². The third-order valence-electron chi connectivity index (χ3n) is 4.36. The smallest absolute Gasteiger partial charge is 0.226 e. The molecule has 2 aliphatic heterocycles. The van der Waals surface area contributed by atoms with Gasteiger partial charge in [-0.15, -0.1) is 0 Å². The van der Waals surface area contributed by atoms with Gasteiger partial charge in [0.1, 0.15) is 0 Å². The van der Waals surface area contributed by atoms with E-state index in [0.29, 0.717) is 0 Å². The molecule has 0 bridgehead atoms. The molecule has 5 heteroatoms. The van der Waals surface area contributed by atoms with Gasteiger partial charge >= 0.3 is 0 Å². The second-order valence-electron chi connectivity index (χ2n) is 6.05. The molecule has 3 heterocycles. The molecule has 0 spiro atoms. The van der Waals surface area contributed by atoms with Crippen LogP contribution in [0, 0.1) is 5.92 Å². The Morgan fingerprint density at radius 3 is 3.00 bits per heavy atom. The van der Waals surface area contributed by atoms with E-state index in [0.717, 1.165) is 56.5 Å². The predicted octanol–water partition coefficient (Wildman–Crippen LogP) is 2.11. The highest BCUT2D eigenvalue weighted by Gasteiger charge is 2.18. The van der Waals surface area contributed by atoms with Crippen molar-refractivity contribution in [3.05, 3.63) is 11.7 Å². The van der Waals surface area contributed by atoms with Crippen molar-refractivity contribution in [1.29, 1.82) is 0 Å². The minimum atomic E-state index is 0.289. The normalized spacial score (nSPS) is 27.6. The SMILES string of the molecule is C1CCC(Cc2noc(CCC3CCCNC3)n2)OC1. The van der Waals surface area contributed by atoms with Crippen LogP contribution in [0.25, 0.3) is 0 Å². The van der Waals surface area contributed by atoms with Crippen molar-refractivity contribution < 1.29 is 9.26 Å². The Morgan fingerprint density at radius 1 is 1.20 bits per heavy atom. The number of nitrogens with one attached hydrogen (secondary N) is 1. The molecule has 2 saturated heterocycles. The number of hydrogen-bond acceptors (Lipinski definition) is 5. The number of ether oxygens (including phenoxy) is 1. The van der Waals surface area contributed by atoms with Crippen LogP contribution in [-0.4, -0.2) is 35.9 Å². The van der Waals surface area contributed by atoms with Crippen LogP contribution in [0.5, 0.6) is 0 Å². The molecule has 5 nitrogen and oxygen atoms in total. The van der Waals surface area contributed by atoms with Crippen molar-refractivity contribution in [3.8, 4) is 0 Å². The zero-order chi connectivity index (χ0) is 13.6. The Labute approximate surface area is 120 Å². The van der Waals surface area contributed by atoms with Crippen molar-refractivity contribution in [2.24, 2.45) is 5.92 Å². The van der Waals surface area contributed by atoms with Crippen molar-refractivity contribution in [1.82, 2.24) is 15.5 Å². The number of piperidine rings is 1. The van der Waals surface area contributed by atoms with Crippen LogP contribution >= 0.6 is 0 Å². The van der Waals surface area contributed by atoms with Crippen LogP contribution in [0.15, 0.2) is 4.52 Å². The summed E-state index contributed by atoms with van der Waals surface area (Å²) in [5.41, 5.74) is 0. The third-order valence-corrected chi connectivity index (χ3v) is 4.36. The topological polar surface area (TPSA) is 60.2 Å². The second kappa shape index (κ2) is 7.18. The first-order valence-electron chi connectivity index (χ1n) is 8.04. The van der Waals surface area contributed by atoms with E-state index in [2.05, 4.69) is 15.5 Å². The molecule has 2 unspecified atom stereocenters. The molecule has 0 aliphatic carbocycles. The number of aryl methyl sites for hydroxylation is 1. The first-order chi connectivity index (χ1) is 9.90. The molecule has 2 aliphatic rings. The van der Waals surface area contributed by atoms with Gasteiger partial charge in [0.15, 0.2) is 5.82 Å². The van der Waals surface area contributed by atoms with E-state index in [1.54, 1.807) is 0 Å². The molecule has 0 saturated carbocycles. The molecule has 1 N–H and O–H groups in total. The highest BCUT2D eigenvalue weighted by atomic mass is 16.5. The summed E-state index contributed by atoms with van der Waals surface area (Å²) in [5.74, 6) is 2.37. The van der Waals surface area contributed by atoms with Crippen LogP contribution in [0.1, 0.15) is 50.2 Å². The lowest BCUT2D eigenvalue weighted by molar-refractivity contribution is 0.0153. The molecule has 2 atom stereocenters. The average molecular weight is 279 g/mol. The molecule has 1 aromatic heterocycles. The van der Waals surface area contributed by atoms with Crippen molar-refractivity contribution in [3.63, 3.8) is 0 Å². The molecule has 3 rings (SSSR count). The van der Waals surface area contributed by atoms with Crippen LogP contribution in [0.3, 0.4) is 0 Å². The summed E-state index contributed by atoms with van der Waals surface area (Å²) in [6.45, 7) is 3.18. The maximum Gasteiger partial charge on any atom is 0.226 e. The van der Waals surface area contributed by atoms with E-state index in [1.165, 1.54) is 32.2 Å². The quantitative estimate of drug-likeness (QED) is 0.894. The highest BCUT2D eigenvalue weighted by Crippen LogP contribution is 2.18. The van der Waals surface area contributed by atoms with Gasteiger partial charge in [-0.2, -0.15) is 4.98 Å². The Hall–Kier alpha value is -0.940. The largest absolute Gasteiger partial charge is 0.378 e. The van der Waals surface area contributed by atoms with E-state index in [9.17, 15) is 0 Å². The standard InChI is InChI=1S/C15H25N3O2/c1-2-9-19-13(5-1)10-14-17-15(20-18-14)7-6-12-4-3-8-16-11-12/h12-13,16H,1-11H2. The summed E-state index contributed by atoms with van der Waals surface area (Å²) < 4.78 is 11.1. The minimum Gasteiger partial charge on any atom is -0.378 e. The van der Waals surface area contributed by atoms with Gasteiger partial charge in [0.05, 0.1) is 6.10 Å². The molecule has 0 aromatic carbocycles. The Morgan fingerprint density at radius 2 is 2.20 bits per heavy atom. The lowest BCUT2D eigenvalue weighted by Crippen LogP contribution is -2.29. The van der Waals surface area contributed by atoms with Crippen LogP contribution in [-0.2, 0) is 17.6 Å². The third kappa shape index (κ3) is 4.03. The van der Waals surface area contributed by atoms with Gasteiger partial charge in [-0.3, -0.25) is 0 Å². The zero-order valence-electron chi connectivity index (χ0n) is 12.1. The van der Waals surface area contributed by atoms with Gasteiger partial charge in [0.2, 0.25) is 5.89 Å². The van der Waals surface area contributed by atoms with Gasteiger partial charge in [-0.1, -0.05) is 5.16 Å². The molecule has 20 heavy (non-hydrogen) atoms. The van der Waals surface area contributed by atoms with Crippen LogP contribution in [0.2, 0.25) is 0 Å². The second-order valence-corrected chi connectivity index (χ2v) is 6.05. The maximum atomic E-state index is 5.72. The van der Waals surface area contributed by atoms with Crippen LogP contribution < -0.4 is 5.32 Å². The number of aromatic nitrogens is 2. The number of nitrogens with zero attached hydrogens (tertiary/aromatic N) is 2. The number of hydrogen-bond donors (Lipinski definition) is 1. The van der Waals surface area contributed by atoms with Gasteiger partial charge in [-0.25, -0.2) is 0 Å². The van der Waals surface area contributed by atoms with E-state index >= 15 is 0 Å². The minimum absolute atomic E-state index is 0.289. The summed E-state index contributed by atoms with van der Waals surface area (Å²) in [7, 11) is 0. The summed E-state index contributed by atoms with van der Waals surface area (Å²) in [6.07, 6.45) is 9.32. The first-order valence-corrected chi connectivity index (χ1v) is 8.04. The zero-order valence-corrected chi connectivity index (χ0v) is 12.1. The maximum absolute atomic E-state index is 5.72. The molecule has 1 aromatic rings. The van der Waals surface area contributed by atoms with Gasteiger partial charge in [0, 0.05) is 19.4 Å². The van der Waals surface area contributed by atoms with E-state index in [1.807, 2.05) is 0 Å². The Balaban J connectivity index is 1.43. The molecule has 0 amide bonds. The van der Waals surface area contributed by atoms with E-state index in [-0.39, 0.29) is 6.10 Å². The predicted molar refractivity (Wildman–Crippen MR) is 75.5 cm³/mol. The number of rotatable bonds is 5. The summed E-state index contributed by atoms with van der Waals surface area (Å²) >= 11 is 0. The Bertz CT molecular complexity index is 396. The van der Waals surface area contributed by atoms with Crippen molar-refractivity contribution in [2.45, 2.75) is 57.5 Å². The summed E-state index contributed by atoms with van der Waals surface area (Å²) in [5, 5.41) is 7.54. The van der Waals surface area contributed by atoms with Crippen molar-refractivity contribution >= 4 is 0 Å². The van der Waals surface area contributed by atoms with Gasteiger partial charge in [-0.05, 0) is 57.5 Å². The fourth-order valence-corrected chi connectivity index (χ4v) is 3.14. The fourth-order valence-electron chi connectivity index (χ4n) is 3.14. The lowest BCUT2D eigenvalue weighted by atomic mass is 9.95. The molecular formula is C15H25N3O2. The average Bonchev–Trinajstić information content (AvgIpc) is 2.95. The van der Waals surface area contributed by atoms with Gasteiger partial charge < -0.3 is 14.6 Å². The van der Waals surface area contributed by atoms with Gasteiger partial charge in [0.25, 0.3) is 0 Å².